The standard InChI is InChI=1S/C9H14O/c1-4-7-10-8-5-6-9(2)3/h4,9H,1,7-8H2,2-3H3. The summed E-state index contributed by atoms with van der Waals surface area (Å²) in [5.74, 6) is 6.33. The van der Waals surface area contributed by atoms with Crippen molar-refractivity contribution in [3.63, 3.8) is 0 Å². The van der Waals surface area contributed by atoms with Crippen LogP contribution in [0.1, 0.15) is 13.8 Å². The van der Waals surface area contributed by atoms with Crippen LogP contribution in [0, 0.1) is 17.8 Å². The van der Waals surface area contributed by atoms with Crippen molar-refractivity contribution in [3.8, 4) is 11.8 Å². The molecule has 0 rings (SSSR count). The summed E-state index contributed by atoms with van der Waals surface area (Å²) in [5, 5.41) is 0. The van der Waals surface area contributed by atoms with E-state index in [2.05, 4.69) is 32.3 Å². The van der Waals surface area contributed by atoms with Gasteiger partial charge in [-0.25, -0.2) is 0 Å². The molecule has 0 aliphatic heterocycles. The van der Waals surface area contributed by atoms with Gasteiger partial charge in [-0.05, 0) is 0 Å². The molecule has 0 aliphatic carbocycles. The van der Waals surface area contributed by atoms with Crippen LogP contribution in [-0.2, 0) is 4.74 Å². The molecule has 0 atom stereocenters. The molecule has 1 heteroatoms. The lowest BCUT2D eigenvalue weighted by molar-refractivity contribution is 0.199. The van der Waals surface area contributed by atoms with Gasteiger partial charge in [0.05, 0.1) is 6.61 Å². The van der Waals surface area contributed by atoms with E-state index in [0.717, 1.165) is 0 Å². The summed E-state index contributed by atoms with van der Waals surface area (Å²) >= 11 is 0. The van der Waals surface area contributed by atoms with E-state index in [1.54, 1.807) is 6.08 Å². The van der Waals surface area contributed by atoms with Crippen LogP contribution in [0.3, 0.4) is 0 Å². The average molecular weight is 138 g/mol. The lowest BCUT2D eigenvalue weighted by Crippen LogP contribution is -1.90. The van der Waals surface area contributed by atoms with Crippen molar-refractivity contribution in [1.29, 1.82) is 0 Å². The Bertz CT molecular complexity index is 137. The maximum Gasteiger partial charge on any atom is 0.108 e. The minimum Gasteiger partial charge on any atom is -0.365 e. The van der Waals surface area contributed by atoms with Gasteiger partial charge >= 0.3 is 0 Å². The topological polar surface area (TPSA) is 9.23 Å². The van der Waals surface area contributed by atoms with E-state index in [1.807, 2.05) is 0 Å². The minimum absolute atomic E-state index is 0.437. The van der Waals surface area contributed by atoms with Crippen LogP contribution >= 0.6 is 0 Å². The number of rotatable bonds is 3. The molecule has 0 aromatic carbocycles. The lowest BCUT2D eigenvalue weighted by atomic mass is 10.2. The van der Waals surface area contributed by atoms with Crippen molar-refractivity contribution in [2.75, 3.05) is 13.2 Å². The Morgan fingerprint density at radius 2 is 2.30 bits per heavy atom. The Hall–Kier alpha value is -0.740. The molecule has 10 heavy (non-hydrogen) atoms. The predicted molar refractivity (Wildman–Crippen MR) is 43.6 cm³/mol. The number of ether oxygens (including phenoxy) is 1. The van der Waals surface area contributed by atoms with E-state index >= 15 is 0 Å². The molecule has 0 aromatic rings. The zero-order chi connectivity index (χ0) is 7.82. The molecule has 1 nitrogen and oxygen atoms in total. The first kappa shape index (κ1) is 9.26. The van der Waals surface area contributed by atoms with Crippen molar-refractivity contribution >= 4 is 0 Å². The van der Waals surface area contributed by atoms with Crippen LogP contribution in [-0.4, -0.2) is 13.2 Å². The average Bonchev–Trinajstić information content (AvgIpc) is 1.87. The fourth-order valence-corrected chi connectivity index (χ4v) is 0.439. The van der Waals surface area contributed by atoms with Crippen molar-refractivity contribution in [2.24, 2.45) is 5.92 Å². The molecule has 0 saturated heterocycles. The van der Waals surface area contributed by atoms with E-state index in [4.69, 9.17) is 4.74 Å². The smallest absolute Gasteiger partial charge is 0.108 e. The summed E-state index contributed by atoms with van der Waals surface area (Å²) in [7, 11) is 0. The Morgan fingerprint density at radius 3 is 2.80 bits per heavy atom. The van der Waals surface area contributed by atoms with E-state index < -0.39 is 0 Å². The summed E-state index contributed by atoms with van der Waals surface area (Å²) < 4.78 is 5.04. The predicted octanol–water partition coefficient (Wildman–Crippen LogP) is 1.85. The van der Waals surface area contributed by atoms with Gasteiger partial charge in [-0.3, -0.25) is 0 Å². The molecular formula is C9H14O. The highest BCUT2D eigenvalue weighted by Gasteiger charge is 1.80. The molecule has 0 fully saturated rings. The fourth-order valence-electron chi connectivity index (χ4n) is 0.439. The number of hydrogen-bond donors (Lipinski definition) is 0. The molecule has 0 aliphatic rings. The second-order valence-electron chi connectivity index (χ2n) is 2.28. The number of hydrogen-bond acceptors (Lipinski definition) is 1. The molecule has 0 bridgehead atoms. The second kappa shape index (κ2) is 6.38. The second-order valence-corrected chi connectivity index (χ2v) is 2.28. The molecule has 56 valence electrons. The van der Waals surface area contributed by atoms with Gasteiger partial charge in [0.2, 0.25) is 0 Å². The van der Waals surface area contributed by atoms with E-state index in [-0.39, 0.29) is 0 Å². The summed E-state index contributed by atoms with van der Waals surface area (Å²) in [6.45, 7) is 8.74. The van der Waals surface area contributed by atoms with E-state index in [9.17, 15) is 0 Å². The highest BCUT2D eigenvalue weighted by atomic mass is 16.5. The monoisotopic (exact) mass is 138 g/mol. The summed E-state index contributed by atoms with van der Waals surface area (Å²) in [6, 6.07) is 0. The highest BCUT2D eigenvalue weighted by molar-refractivity contribution is 5.01. The molecule has 0 amide bonds. The zero-order valence-electron chi connectivity index (χ0n) is 6.68. The van der Waals surface area contributed by atoms with Crippen LogP contribution in [0.15, 0.2) is 12.7 Å². The van der Waals surface area contributed by atoms with Crippen molar-refractivity contribution in [1.82, 2.24) is 0 Å². The van der Waals surface area contributed by atoms with Gasteiger partial charge in [0.25, 0.3) is 0 Å². The van der Waals surface area contributed by atoms with Crippen LogP contribution in [0.25, 0.3) is 0 Å². The molecule has 0 heterocycles. The Kier molecular flexibility index (Phi) is 5.91. The van der Waals surface area contributed by atoms with Gasteiger partial charge in [0.15, 0.2) is 0 Å². The van der Waals surface area contributed by atoms with Crippen LogP contribution in [0.5, 0.6) is 0 Å². The molecular weight excluding hydrogens is 124 g/mol. The van der Waals surface area contributed by atoms with E-state index in [1.165, 1.54) is 0 Å². The van der Waals surface area contributed by atoms with Crippen molar-refractivity contribution in [2.45, 2.75) is 13.8 Å². The van der Waals surface area contributed by atoms with Crippen molar-refractivity contribution in [3.05, 3.63) is 12.7 Å². The maximum absolute atomic E-state index is 5.04. The van der Waals surface area contributed by atoms with Gasteiger partial charge in [-0.1, -0.05) is 31.8 Å². The first-order chi connectivity index (χ1) is 4.77. The first-order valence-electron chi connectivity index (χ1n) is 3.44. The third-order valence-electron chi connectivity index (χ3n) is 0.801. The Labute approximate surface area is 63.1 Å². The van der Waals surface area contributed by atoms with Crippen molar-refractivity contribution < 1.29 is 4.74 Å². The fraction of sp³-hybridized carbons (Fsp3) is 0.556. The molecule has 0 radical (unpaired) electrons. The van der Waals surface area contributed by atoms with Crippen LogP contribution in [0.4, 0.5) is 0 Å². The van der Waals surface area contributed by atoms with Crippen LogP contribution in [0.2, 0.25) is 0 Å². The zero-order valence-corrected chi connectivity index (χ0v) is 6.68. The van der Waals surface area contributed by atoms with Crippen LogP contribution < -0.4 is 0 Å². The van der Waals surface area contributed by atoms with Gasteiger partial charge in [0.1, 0.15) is 6.61 Å². The molecule has 0 spiro atoms. The molecule has 0 N–H and O–H groups in total. The van der Waals surface area contributed by atoms with Gasteiger partial charge in [0, 0.05) is 5.92 Å². The Balaban J connectivity index is 3.20. The quantitative estimate of drug-likeness (QED) is 0.328. The lowest BCUT2D eigenvalue weighted by Gasteiger charge is -1.91. The third-order valence-corrected chi connectivity index (χ3v) is 0.801. The van der Waals surface area contributed by atoms with Gasteiger partial charge in [-0.2, -0.15) is 0 Å². The van der Waals surface area contributed by atoms with Gasteiger partial charge < -0.3 is 4.74 Å². The molecule has 0 aromatic heterocycles. The minimum atomic E-state index is 0.437. The summed E-state index contributed by atoms with van der Waals surface area (Å²) in [6.07, 6.45) is 1.72. The highest BCUT2D eigenvalue weighted by Crippen LogP contribution is 1.85. The normalized spacial score (nSPS) is 8.70. The third kappa shape index (κ3) is 7.26. The first-order valence-corrected chi connectivity index (χ1v) is 3.44. The summed E-state index contributed by atoms with van der Waals surface area (Å²) in [4.78, 5) is 0. The Morgan fingerprint density at radius 1 is 1.60 bits per heavy atom. The summed E-state index contributed by atoms with van der Waals surface area (Å²) in [5.41, 5.74) is 0. The SMILES string of the molecule is C=CCOCC#CC(C)C. The molecule has 0 saturated carbocycles. The van der Waals surface area contributed by atoms with E-state index in [0.29, 0.717) is 19.1 Å². The molecule has 0 unspecified atom stereocenters. The maximum atomic E-state index is 5.04. The largest absolute Gasteiger partial charge is 0.365 e. The van der Waals surface area contributed by atoms with Gasteiger partial charge in [-0.15, -0.1) is 6.58 Å².